The van der Waals surface area contributed by atoms with Crippen LogP contribution in [0, 0.1) is 25.6 Å². The fraction of sp³-hybridized carbons (Fsp3) is 0.462. The first-order valence-electron chi connectivity index (χ1n) is 5.83. The van der Waals surface area contributed by atoms with Crippen molar-refractivity contribution in [3.63, 3.8) is 0 Å². The van der Waals surface area contributed by atoms with Crippen LogP contribution in [-0.2, 0) is 4.79 Å². The molecule has 2 N–H and O–H groups in total. The minimum Gasteiger partial charge on any atom is -0.481 e. The van der Waals surface area contributed by atoms with E-state index in [9.17, 15) is 9.18 Å². The van der Waals surface area contributed by atoms with Crippen LogP contribution in [-0.4, -0.2) is 17.6 Å². The first-order valence-corrected chi connectivity index (χ1v) is 6.21. The maximum atomic E-state index is 13.7. The van der Waals surface area contributed by atoms with Gasteiger partial charge in [0.15, 0.2) is 0 Å². The number of aryl methyl sites for hydroxylation is 1. The highest BCUT2D eigenvalue weighted by atomic mass is 35.5. The molecule has 1 saturated heterocycles. The summed E-state index contributed by atoms with van der Waals surface area (Å²) in [6.45, 7) is 4.10. The molecule has 98 valence electrons. The summed E-state index contributed by atoms with van der Waals surface area (Å²) >= 11 is 6.02. The van der Waals surface area contributed by atoms with Crippen molar-refractivity contribution >= 4 is 17.6 Å². The minimum absolute atomic E-state index is 0.0987. The molecule has 18 heavy (non-hydrogen) atoms. The Labute approximate surface area is 110 Å². The van der Waals surface area contributed by atoms with Crippen LogP contribution in [0.1, 0.15) is 29.2 Å². The second-order valence-corrected chi connectivity index (χ2v) is 5.14. The molecule has 3 nitrogen and oxygen atoms in total. The number of halogens is 2. The number of nitrogens with one attached hydrogen (secondary N) is 1. The molecule has 2 rings (SSSR count). The lowest BCUT2D eigenvalue weighted by molar-refractivity contribution is -0.141. The maximum Gasteiger partial charge on any atom is 0.307 e. The van der Waals surface area contributed by atoms with Crippen molar-refractivity contribution in [2.75, 3.05) is 6.54 Å². The van der Waals surface area contributed by atoms with E-state index in [4.69, 9.17) is 16.7 Å². The second kappa shape index (κ2) is 4.86. The van der Waals surface area contributed by atoms with Gasteiger partial charge in [-0.15, -0.1) is 0 Å². The molecule has 1 fully saturated rings. The topological polar surface area (TPSA) is 49.3 Å². The average Bonchev–Trinajstić information content (AvgIpc) is 2.76. The Bertz CT molecular complexity index is 478. The summed E-state index contributed by atoms with van der Waals surface area (Å²) in [6.07, 6.45) is 0.443. The summed E-state index contributed by atoms with van der Waals surface area (Å²) in [4.78, 5) is 10.9. The van der Waals surface area contributed by atoms with Gasteiger partial charge in [-0.2, -0.15) is 0 Å². The van der Waals surface area contributed by atoms with Crippen LogP contribution in [0.5, 0.6) is 0 Å². The fourth-order valence-corrected chi connectivity index (χ4v) is 2.75. The van der Waals surface area contributed by atoms with Gasteiger partial charge >= 0.3 is 5.97 Å². The van der Waals surface area contributed by atoms with Gasteiger partial charge in [-0.1, -0.05) is 11.6 Å². The van der Waals surface area contributed by atoms with Crippen molar-refractivity contribution < 1.29 is 14.3 Å². The number of carboxylic acid groups (broad SMARTS) is 1. The van der Waals surface area contributed by atoms with E-state index in [1.807, 2.05) is 13.8 Å². The molecule has 0 saturated carbocycles. The highest BCUT2D eigenvalue weighted by Gasteiger charge is 2.32. The number of hydrogen-bond donors (Lipinski definition) is 2. The van der Waals surface area contributed by atoms with Gasteiger partial charge in [0.05, 0.1) is 10.9 Å². The molecule has 5 heteroatoms. The molecule has 1 aliphatic rings. The summed E-state index contributed by atoms with van der Waals surface area (Å²) in [5.74, 6) is -1.71. The molecule has 1 aromatic carbocycles. The van der Waals surface area contributed by atoms with Gasteiger partial charge in [-0.3, -0.25) is 4.79 Å². The monoisotopic (exact) mass is 271 g/mol. The lowest BCUT2D eigenvalue weighted by atomic mass is 9.94. The van der Waals surface area contributed by atoms with E-state index >= 15 is 0 Å². The van der Waals surface area contributed by atoms with Gasteiger partial charge in [0.2, 0.25) is 0 Å². The standard InChI is InChI=1S/C13H15ClFNO2/c1-6-3-9(15)12(14)11(7(6)2)10-4-8(5-16-10)13(17)18/h3,8,10,16H,4-5H2,1-2H3,(H,17,18). The molecule has 2 atom stereocenters. The van der Waals surface area contributed by atoms with Gasteiger partial charge in [-0.05, 0) is 43.0 Å². The zero-order valence-corrected chi connectivity index (χ0v) is 11.0. The zero-order valence-electron chi connectivity index (χ0n) is 10.3. The lowest BCUT2D eigenvalue weighted by Crippen LogP contribution is -2.18. The quantitative estimate of drug-likeness (QED) is 0.870. The molecular weight excluding hydrogens is 257 g/mol. The predicted octanol–water partition coefficient (Wildman–Crippen LogP) is 2.83. The number of carbonyl (C=O) groups is 1. The summed E-state index contributed by atoms with van der Waals surface area (Å²) in [7, 11) is 0. The molecule has 1 aliphatic heterocycles. The lowest BCUT2D eigenvalue weighted by Gasteiger charge is -2.18. The Morgan fingerprint density at radius 3 is 2.78 bits per heavy atom. The van der Waals surface area contributed by atoms with Crippen LogP contribution < -0.4 is 5.32 Å². The molecule has 2 unspecified atom stereocenters. The number of hydrogen-bond acceptors (Lipinski definition) is 2. The maximum absolute atomic E-state index is 13.7. The molecular formula is C13H15ClFNO2. The largest absolute Gasteiger partial charge is 0.481 e. The summed E-state index contributed by atoms with van der Waals surface area (Å²) in [5.41, 5.74) is 2.44. The van der Waals surface area contributed by atoms with Crippen molar-refractivity contribution in [3.05, 3.63) is 33.6 Å². The van der Waals surface area contributed by atoms with E-state index in [-0.39, 0.29) is 11.1 Å². The van der Waals surface area contributed by atoms with E-state index in [0.29, 0.717) is 18.5 Å². The van der Waals surface area contributed by atoms with Gasteiger partial charge in [0.25, 0.3) is 0 Å². The van der Waals surface area contributed by atoms with Gasteiger partial charge in [0, 0.05) is 12.6 Å². The number of carboxylic acids is 1. The number of benzene rings is 1. The Hall–Kier alpha value is -1.13. The van der Waals surface area contributed by atoms with Crippen molar-refractivity contribution in [2.45, 2.75) is 26.3 Å². The summed E-state index contributed by atoms with van der Waals surface area (Å²) < 4.78 is 13.7. The highest BCUT2D eigenvalue weighted by molar-refractivity contribution is 6.31. The van der Waals surface area contributed by atoms with E-state index in [2.05, 4.69) is 5.32 Å². The second-order valence-electron chi connectivity index (χ2n) is 4.76. The van der Waals surface area contributed by atoms with Crippen LogP contribution in [0.4, 0.5) is 4.39 Å². The van der Waals surface area contributed by atoms with Crippen molar-refractivity contribution in [1.82, 2.24) is 5.32 Å². The summed E-state index contributed by atoms with van der Waals surface area (Å²) in [5, 5.41) is 12.2. The first-order chi connectivity index (χ1) is 8.41. The van der Waals surface area contributed by atoms with Crippen LogP contribution in [0.2, 0.25) is 5.02 Å². The van der Waals surface area contributed by atoms with E-state index in [0.717, 1.165) is 11.1 Å². The molecule has 1 aromatic rings. The Kier molecular flexibility index (Phi) is 3.59. The van der Waals surface area contributed by atoms with Crippen molar-refractivity contribution in [2.24, 2.45) is 5.92 Å². The van der Waals surface area contributed by atoms with Crippen molar-refractivity contribution in [3.8, 4) is 0 Å². The fourth-order valence-electron chi connectivity index (χ4n) is 2.43. The number of rotatable bonds is 2. The van der Waals surface area contributed by atoms with Crippen LogP contribution in [0.25, 0.3) is 0 Å². The third kappa shape index (κ3) is 2.22. The smallest absolute Gasteiger partial charge is 0.307 e. The predicted molar refractivity (Wildman–Crippen MR) is 67.4 cm³/mol. The van der Waals surface area contributed by atoms with Crippen molar-refractivity contribution in [1.29, 1.82) is 0 Å². The molecule has 0 spiro atoms. The van der Waals surface area contributed by atoms with E-state index in [1.54, 1.807) is 0 Å². The Morgan fingerprint density at radius 1 is 1.56 bits per heavy atom. The van der Waals surface area contributed by atoms with Gasteiger partial charge < -0.3 is 10.4 Å². The SMILES string of the molecule is Cc1cc(F)c(Cl)c(C2CC(C(=O)O)CN2)c1C. The highest BCUT2D eigenvalue weighted by Crippen LogP contribution is 2.36. The average molecular weight is 272 g/mol. The Morgan fingerprint density at radius 2 is 2.22 bits per heavy atom. The molecule has 1 heterocycles. The molecule has 0 aliphatic carbocycles. The van der Waals surface area contributed by atoms with Gasteiger partial charge in [0.1, 0.15) is 5.82 Å². The van der Waals surface area contributed by atoms with E-state index < -0.39 is 17.7 Å². The third-order valence-corrected chi connectivity index (χ3v) is 4.00. The number of aliphatic carboxylic acids is 1. The van der Waals surface area contributed by atoms with Crippen LogP contribution in [0.3, 0.4) is 0 Å². The Balaban J connectivity index is 2.38. The minimum atomic E-state index is -0.827. The molecule has 0 radical (unpaired) electrons. The first kappa shape index (κ1) is 13.3. The van der Waals surface area contributed by atoms with Gasteiger partial charge in [-0.25, -0.2) is 4.39 Å². The molecule has 0 amide bonds. The summed E-state index contributed by atoms with van der Waals surface area (Å²) in [6, 6.07) is 1.22. The normalized spacial score (nSPS) is 23.3. The van der Waals surface area contributed by atoms with Crippen LogP contribution in [0.15, 0.2) is 6.07 Å². The van der Waals surface area contributed by atoms with E-state index in [1.165, 1.54) is 6.07 Å². The zero-order chi connectivity index (χ0) is 13.4. The third-order valence-electron chi connectivity index (χ3n) is 3.61. The molecule has 0 bridgehead atoms. The molecule has 0 aromatic heterocycles. The van der Waals surface area contributed by atoms with Crippen LogP contribution >= 0.6 is 11.6 Å².